The van der Waals surface area contributed by atoms with Gasteiger partial charge < -0.3 is 19.3 Å². The Bertz CT molecular complexity index is 1230. The number of benzene rings is 3. The number of ketones is 1. The number of Topliss-reactive ketones (excluding diaryl/α,β-unsaturated/α-hetero) is 1. The van der Waals surface area contributed by atoms with Crippen LogP contribution < -0.4 is 19.1 Å². The molecule has 0 bridgehead atoms. The molecule has 1 aliphatic heterocycles. The van der Waals surface area contributed by atoms with Gasteiger partial charge in [0.2, 0.25) is 0 Å². The Morgan fingerprint density at radius 2 is 1.48 bits per heavy atom. The summed E-state index contributed by atoms with van der Waals surface area (Å²) in [5.41, 5.74) is 1.33. The third-order valence-electron chi connectivity index (χ3n) is 5.57. The summed E-state index contributed by atoms with van der Waals surface area (Å²) in [6, 6.07) is 20.0. The second-order valence-electron chi connectivity index (χ2n) is 7.32. The van der Waals surface area contributed by atoms with E-state index in [-0.39, 0.29) is 16.9 Å². The summed E-state index contributed by atoms with van der Waals surface area (Å²) in [6.45, 7) is 0. The number of hydrogen-bond acceptors (Lipinski definition) is 6. The maximum atomic E-state index is 13.3. The molecule has 1 atom stereocenters. The predicted molar refractivity (Wildman–Crippen MR) is 124 cm³/mol. The van der Waals surface area contributed by atoms with Gasteiger partial charge >= 0.3 is 0 Å². The number of hydrogen-bond donors (Lipinski definition) is 1. The Morgan fingerprint density at radius 3 is 2.15 bits per heavy atom. The zero-order valence-corrected chi connectivity index (χ0v) is 18.4. The summed E-state index contributed by atoms with van der Waals surface area (Å²) in [5, 5.41) is 11.3. The predicted octanol–water partition coefficient (Wildman–Crippen LogP) is 4.34. The van der Waals surface area contributed by atoms with Crippen molar-refractivity contribution >= 4 is 23.1 Å². The van der Waals surface area contributed by atoms with Gasteiger partial charge in [0.05, 0.1) is 44.2 Å². The molecule has 1 saturated heterocycles. The highest BCUT2D eigenvalue weighted by Crippen LogP contribution is 2.45. The standard InChI is InChI=1S/C26H23NO6/c1-31-17-13-14-18(21(15-17)33-3)24(28)22-23(16-9-5-4-6-10-16)27(26(30)25(22)29)19-11-7-8-12-20(19)32-2/h4-15,23,28H,1-3H3/b24-22-. The van der Waals surface area contributed by atoms with Crippen molar-refractivity contribution in [2.45, 2.75) is 6.04 Å². The largest absolute Gasteiger partial charge is 0.507 e. The van der Waals surface area contributed by atoms with Crippen LogP contribution in [0.15, 0.2) is 78.4 Å². The maximum Gasteiger partial charge on any atom is 0.300 e. The number of rotatable bonds is 6. The zero-order chi connectivity index (χ0) is 23.5. The van der Waals surface area contributed by atoms with Gasteiger partial charge in [0.1, 0.15) is 23.0 Å². The molecule has 3 aromatic rings. The number of methoxy groups -OCH3 is 3. The monoisotopic (exact) mass is 445 g/mol. The zero-order valence-electron chi connectivity index (χ0n) is 18.4. The molecule has 3 aromatic carbocycles. The molecule has 1 heterocycles. The smallest absolute Gasteiger partial charge is 0.300 e. The minimum Gasteiger partial charge on any atom is -0.507 e. The number of carbonyl (C=O) groups excluding carboxylic acids is 2. The summed E-state index contributed by atoms with van der Waals surface area (Å²) in [5.74, 6) is -0.631. The van der Waals surface area contributed by atoms with Crippen molar-refractivity contribution in [3.05, 3.63) is 89.5 Å². The van der Waals surface area contributed by atoms with E-state index in [9.17, 15) is 14.7 Å². The fourth-order valence-corrected chi connectivity index (χ4v) is 4.00. The van der Waals surface area contributed by atoms with E-state index in [2.05, 4.69) is 0 Å². The number of carbonyl (C=O) groups is 2. The van der Waals surface area contributed by atoms with Crippen LogP contribution in [0.1, 0.15) is 17.2 Å². The van der Waals surface area contributed by atoms with Gasteiger partial charge in [-0.1, -0.05) is 42.5 Å². The molecule has 0 saturated carbocycles. The Kier molecular flexibility index (Phi) is 6.04. The molecule has 0 radical (unpaired) electrons. The average molecular weight is 445 g/mol. The van der Waals surface area contributed by atoms with Crippen molar-refractivity contribution in [3.63, 3.8) is 0 Å². The topological polar surface area (TPSA) is 85.3 Å². The van der Waals surface area contributed by atoms with Crippen LogP contribution in [-0.2, 0) is 9.59 Å². The summed E-state index contributed by atoms with van der Waals surface area (Å²) in [6.07, 6.45) is 0. The lowest BCUT2D eigenvalue weighted by molar-refractivity contribution is -0.132. The fourth-order valence-electron chi connectivity index (χ4n) is 4.00. The number of para-hydroxylation sites is 2. The van der Waals surface area contributed by atoms with E-state index in [0.29, 0.717) is 28.5 Å². The molecule has 7 heteroatoms. The van der Waals surface area contributed by atoms with Gasteiger partial charge in [-0.15, -0.1) is 0 Å². The molecule has 1 fully saturated rings. The number of ether oxygens (including phenoxy) is 3. The molecule has 33 heavy (non-hydrogen) atoms. The Hall–Kier alpha value is -4.26. The van der Waals surface area contributed by atoms with Crippen LogP contribution >= 0.6 is 0 Å². The minimum absolute atomic E-state index is 0.0411. The minimum atomic E-state index is -0.866. The van der Waals surface area contributed by atoms with E-state index >= 15 is 0 Å². The highest BCUT2D eigenvalue weighted by molar-refractivity contribution is 6.52. The molecule has 7 nitrogen and oxygen atoms in total. The van der Waals surface area contributed by atoms with Crippen molar-refractivity contribution in [1.82, 2.24) is 0 Å². The Labute approximate surface area is 191 Å². The molecule has 1 unspecified atom stereocenters. The average Bonchev–Trinajstić information content (AvgIpc) is 3.13. The first kappa shape index (κ1) is 22.0. The highest BCUT2D eigenvalue weighted by Gasteiger charge is 2.48. The summed E-state index contributed by atoms with van der Waals surface area (Å²) in [4.78, 5) is 27.9. The molecule has 1 amide bonds. The van der Waals surface area contributed by atoms with Crippen LogP contribution in [-0.4, -0.2) is 38.1 Å². The number of anilines is 1. The van der Waals surface area contributed by atoms with Gasteiger partial charge in [-0.25, -0.2) is 0 Å². The third kappa shape index (κ3) is 3.78. The van der Waals surface area contributed by atoms with Crippen molar-refractivity contribution < 1.29 is 28.9 Å². The van der Waals surface area contributed by atoms with Crippen LogP contribution in [0.4, 0.5) is 5.69 Å². The lowest BCUT2D eigenvalue weighted by Gasteiger charge is -2.26. The van der Waals surface area contributed by atoms with Gasteiger partial charge in [-0.2, -0.15) is 0 Å². The molecule has 0 aliphatic carbocycles. The first-order valence-electron chi connectivity index (χ1n) is 10.2. The molecule has 4 rings (SSSR count). The van der Waals surface area contributed by atoms with Gasteiger partial charge in [0.15, 0.2) is 0 Å². The highest BCUT2D eigenvalue weighted by atomic mass is 16.5. The van der Waals surface area contributed by atoms with Gasteiger partial charge in [-0.05, 0) is 29.8 Å². The number of amides is 1. The first-order valence-corrected chi connectivity index (χ1v) is 10.2. The fraction of sp³-hybridized carbons (Fsp3) is 0.154. The molecule has 168 valence electrons. The molecule has 0 spiro atoms. The van der Waals surface area contributed by atoms with Crippen molar-refractivity contribution in [3.8, 4) is 17.2 Å². The van der Waals surface area contributed by atoms with E-state index in [1.807, 2.05) is 18.2 Å². The van der Waals surface area contributed by atoms with Crippen LogP contribution in [0.3, 0.4) is 0 Å². The normalized spacial score (nSPS) is 17.2. The van der Waals surface area contributed by atoms with E-state index in [1.54, 1.807) is 54.6 Å². The van der Waals surface area contributed by atoms with Crippen molar-refractivity contribution in [2.24, 2.45) is 0 Å². The van der Waals surface area contributed by atoms with Gasteiger partial charge in [0.25, 0.3) is 11.7 Å². The lowest BCUT2D eigenvalue weighted by atomic mass is 9.94. The SMILES string of the molecule is COc1ccc(/C(O)=C2/C(=O)C(=O)N(c3ccccc3OC)C2c2ccccc2)c(OC)c1. The number of aliphatic hydroxyl groups excluding tert-OH is 1. The van der Waals surface area contributed by atoms with E-state index in [0.717, 1.165) is 0 Å². The quantitative estimate of drug-likeness (QED) is 0.345. The molecule has 1 N–H and O–H groups in total. The number of nitrogens with zero attached hydrogens (tertiary/aromatic N) is 1. The van der Waals surface area contributed by atoms with E-state index in [1.165, 1.54) is 26.2 Å². The molecular formula is C26H23NO6. The third-order valence-corrected chi connectivity index (χ3v) is 5.57. The van der Waals surface area contributed by atoms with Crippen LogP contribution in [0, 0.1) is 0 Å². The molecule has 1 aliphatic rings. The van der Waals surface area contributed by atoms with Crippen LogP contribution in [0.25, 0.3) is 5.76 Å². The van der Waals surface area contributed by atoms with Gasteiger partial charge in [0, 0.05) is 6.07 Å². The Balaban J connectivity index is 1.98. The second kappa shape index (κ2) is 9.08. The summed E-state index contributed by atoms with van der Waals surface area (Å²) in [7, 11) is 4.46. The number of aliphatic hydroxyl groups is 1. The molecular weight excluding hydrogens is 422 g/mol. The van der Waals surface area contributed by atoms with Gasteiger partial charge in [-0.3, -0.25) is 14.5 Å². The maximum absolute atomic E-state index is 13.3. The summed E-state index contributed by atoms with van der Waals surface area (Å²) >= 11 is 0. The summed E-state index contributed by atoms with van der Waals surface area (Å²) < 4.78 is 16.1. The second-order valence-corrected chi connectivity index (χ2v) is 7.32. The Morgan fingerprint density at radius 1 is 0.818 bits per heavy atom. The van der Waals surface area contributed by atoms with Crippen molar-refractivity contribution in [1.29, 1.82) is 0 Å². The molecule has 0 aromatic heterocycles. The first-order chi connectivity index (χ1) is 16.0. The van der Waals surface area contributed by atoms with Crippen LogP contribution in [0.2, 0.25) is 0 Å². The van der Waals surface area contributed by atoms with Crippen LogP contribution in [0.5, 0.6) is 17.2 Å². The lowest BCUT2D eigenvalue weighted by Crippen LogP contribution is -2.29. The van der Waals surface area contributed by atoms with E-state index < -0.39 is 17.7 Å². The van der Waals surface area contributed by atoms with Crippen molar-refractivity contribution in [2.75, 3.05) is 26.2 Å². The van der Waals surface area contributed by atoms with E-state index in [4.69, 9.17) is 14.2 Å².